The first-order valence-electron chi connectivity index (χ1n) is 3.75. The summed E-state index contributed by atoms with van der Waals surface area (Å²) in [4.78, 5) is 2.00. The predicted molar refractivity (Wildman–Crippen MR) is 49.2 cm³/mol. The van der Waals surface area contributed by atoms with Gasteiger partial charge in [-0.05, 0) is 37.8 Å². The molecule has 2 N–H and O–H groups in total. The molecule has 0 saturated heterocycles. The maximum atomic E-state index is 5.82. The first kappa shape index (κ1) is 9.58. The van der Waals surface area contributed by atoms with Gasteiger partial charge in [0, 0.05) is 6.54 Å². The van der Waals surface area contributed by atoms with E-state index in [1.54, 1.807) is 12.1 Å². The van der Waals surface area contributed by atoms with Gasteiger partial charge in [0.1, 0.15) is 5.76 Å². The Morgan fingerprint density at radius 2 is 2.25 bits per heavy atom. The summed E-state index contributed by atoms with van der Waals surface area (Å²) < 4.78 is 5.16. The van der Waals surface area contributed by atoms with Gasteiger partial charge in [0.2, 0.25) is 0 Å². The van der Waals surface area contributed by atoms with Crippen LogP contribution in [0.2, 0.25) is 5.22 Å². The fourth-order valence-electron chi connectivity index (χ4n) is 1.01. The van der Waals surface area contributed by atoms with Gasteiger partial charge in [-0.15, -0.1) is 0 Å². The lowest BCUT2D eigenvalue weighted by Crippen LogP contribution is -2.25. The molecule has 0 bridgehead atoms. The minimum atomic E-state index is -0.104. The molecular weight excluding hydrogens is 176 g/mol. The number of rotatable bonds is 3. The summed E-state index contributed by atoms with van der Waals surface area (Å²) in [5.74, 6) is 0.730. The van der Waals surface area contributed by atoms with Crippen molar-refractivity contribution in [3.05, 3.63) is 23.1 Å². The Labute approximate surface area is 77.1 Å². The summed E-state index contributed by atoms with van der Waals surface area (Å²) in [6.07, 6.45) is 0. The van der Waals surface area contributed by atoms with Gasteiger partial charge in [0.05, 0.1) is 6.04 Å². The number of hydrogen-bond acceptors (Lipinski definition) is 3. The van der Waals surface area contributed by atoms with Gasteiger partial charge < -0.3 is 15.1 Å². The lowest BCUT2D eigenvalue weighted by atomic mass is 10.2. The van der Waals surface area contributed by atoms with Crippen LogP contribution < -0.4 is 5.73 Å². The van der Waals surface area contributed by atoms with E-state index in [0.29, 0.717) is 5.22 Å². The van der Waals surface area contributed by atoms with E-state index in [1.165, 1.54) is 0 Å². The largest absolute Gasteiger partial charge is 0.448 e. The standard InChI is InChI=1S/C8H13ClN2O/c1-11(2)5-6(10)7-3-4-8(9)12-7/h3-4,6H,5,10H2,1-2H3. The second kappa shape index (κ2) is 3.94. The molecule has 12 heavy (non-hydrogen) atoms. The highest BCUT2D eigenvalue weighted by atomic mass is 35.5. The molecule has 0 amide bonds. The molecule has 0 fully saturated rings. The molecule has 0 aliphatic rings. The topological polar surface area (TPSA) is 42.4 Å². The molecule has 0 radical (unpaired) electrons. The van der Waals surface area contributed by atoms with Crippen molar-refractivity contribution in [3.8, 4) is 0 Å². The van der Waals surface area contributed by atoms with Crippen LogP contribution in [0, 0.1) is 0 Å². The van der Waals surface area contributed by atoms with Crippen molar-refractivity contribution in [1.29, 1.82) is 0 Å². The summed E-state index contributed by atoms with van der Waals surface area (Å²) in [6, 6.07) is 3.40. The summed E-state index contributed by atoms with van der Waals surface area (Å²) in [6.45, 7) is 0.754. The van der Waals surface area contributed by atoms with E-state index in [1.807, 2.05) is 19.0 Å². The Kier molecular flexibility index (Phi) is 3.14. The van der Waals surface area contributed by atoms with Crippen LogP contribution in [0.25, 0.3) is 0 Å². The first-order chi connectivity index (χ1) is 5.59. The zero-order valence-electron chi connectivity index (χ0n) is 7.25. The predicted octanol–water partition coefficient (Wildman–Crippen LogP) is 1.49. The summed E-state index contributed by atoms with van der Waals surface area (Å²) >= 11 is 5.61. The third-order valence-corrected chi connectivity index (χ3v) is 1.72. The molecule has 3 nitrogen and oxygen atoms in total. The number of halogens is 1. The van der Waals surface area contributed by atoms with Gasteiger partial charge in [0.15, 0.2) is 5.22 Å². The quantitative estimate of drug-likeness (QED) is 0.782. The van der Waals surface area contributed by atoms with Crippen LogP contribution in [-0.4, -0.2) is 25.5 Å². The van der Waals surface area contributed by atoms with Gasteiger partial charge >= 0.3 is 0 Å². The fourth-order valence-corrected chi connectivity index (χ4v) is 1.16. The fraction of sp³-hybridized carbons (Fsp3) is 0.500. The van der Waals surface area contributed by atoms with Gasteiger partial charge in [-0.3, -0.25) is 0 Å². The summed E-state index contributed by atoms with van der Waals surface area (Å²) in [7, 11) is 3.93. The van der Waals surface area contributed by atoms with Gasteiger partial charge in [0.25, 0.3) is 0 Å². The lowest BCUT2D eigenvalue weighted by Gasteiger charge is -2.14. The Bertz CT molecular complexity index is 247. The molecule has 0 aliphatic heterocycles. The number of furan rings is 1. The number of nitrogens with zero attached hydrogens (tertiary/aromatic N) is 1. The van der Waals surface area contributed by atoms with Crippen molar-refractivity contribution in [2.45, 2.75) is 6.04 Å². The highest BCUT2D eigenvalue weighted by Gasteiger charge is 2.10. The number of likely N-dealkylation sites (N-methyl/N-ethyl adjacent to an activating group) is 1. The van der Waals surface area contributed by atoms with Crippen LogP contribution in [0.15, 0.2) is 16.5 Å². The molecule has 0 spiro atoms. The lowest BCUT2D eigenvalue weighted by molar-refractivity contribution is 0.345. The van der Waals surface area contributed by atoms with Crippen molar-refractivity contribution < 1.29 is 4.42 Å². The average Bonchev–Trinajstić information content (AvgIpc) is 2.34. The van der Waals surface area contributed by atoms with Crippen LogP contribution in [-0.2, 0) is 0 Å². The zero-order valence-corrected chi connectivity index (χ0v) is 8.01. The van der Waals surface area contributed by atoms with E-state index in [-0.39, 0.29) is 6.04 Å². The monoisotopic (exact) mass is 188 g/mol. The van der Waals surface area contributed by atoms with E-state index in [9.17, 15) is 0 Å². The van der Waals surface area contributed by atoms with Crippen molar-refractivity contribution in [3.63, 3.8) is 0 Å². The van der Waals surface area contributed by atoms with Crippen LogP contribution >= 0.6 is 11.6 Å². The molecule has 1 aromatic rings. The van der Waals surface area contributed by atoms with Crippen LogP contribution in [0.1, 0.15) is 11.8 Å². The molecule has 1 rings (SSSR count). The van der Waals surface area contributed by atoms with Gasteiger partial charge in [-0.2, -0.15) is 0 Å². The number of nitrogens with two attached hydrogens (primary N) is 1. The molecule has 0 aromatic carbocycles. The van der Waals surface area contributed by atoms with Crippen molar-refractivity contribution in [2.75, 3.05) is 20.6 Å². The minimum Gasteiger partial charge on any atom is -0.448 e. The third kappa shape index (κ3) is 2.52. The average molecular weight is 189 g/mol. The summed E-state index contributed by atoms with van der Waals surface area (Å²) in [5, 5.41) is 0.388. The van der Waals surface area contributed by atoms with E-state index in [2.05, 4.69) is 0 Å². The molecule has 1 unspecified atom stereocenters. The third-order valence-electron chi connectivity index (χ3n) is 1.52. The van der Waals surface area contributed by atoms with Crippen molar-refractivity contribution in [1.82, 2.24) is 4.90 Å². The second-order valence-corrected chi connectivity index (χ2v) is 3.38. The van der Waals surface area contributed by atoms with Gasteiger partial charge in [-0.25, -0.2) is 0 Å². The molecule has 1 atom stereocenters. The van der Waals surface area contributed by atoms with Gasteiger partial charge in [-0.1, -0.05) is 0 Å². The van der Waals surface area contributed by atoms with Crippen LogP contribution in [0.5, 0.6) is 0 Å². The van der Waals surface area contributed by atoms with E-state index in [0.717, 1.165) is 12.3 Å². The Morgan fingerprint density at radius 3 is 2.67 bits per heavy atom. The highest BCUT2D eigenvalue weighted by molar-refractivity contribution is 6.28. The second-order valence-electron chi connectivity index (χ2n) is 3.01. The Hall–Kier alpha value is -0.510. The molecular formula is C8H13ClN2O. The minimum absolute atomic E-state index is 0.104. The molecule has 4 heteroatoms. The maximum Gasteiger partial charge on any atom is 0.193 e. The molecule has 68 valence electrons. The zero-order chi connectivity index (χ0) is 9.14. The van der Waals surface area contributed by atoms with E-state index < -0.39 is 0 Å². The maximum absolute atomic E-state index is 5.82. The normalized spacial score (nSPS) is 13.8. The van der Waals surface area contributed by atoms with Crippen molar-refractivity contribution in [2.24, 2.45) is 5.73 Å². The Morgan fingerprint density at radius 1 is 1.58 bits per heavy atom. The smallest absolute Gasteiger partial charge is 0.193 e. The number of hydrogen-bond donors (Lipinski definition) is 1. The Balaban J connectivity index is 2.58. The highest BCUT2D eigenvalue weighted by Crippen LogP contribution is 2.18. The van der Waals surface area contributed by atoms with Crippen molar-refractivity contribution >= 4 is 11.6 Å². The molecule has 0 aliphatic carbocycles. The van der Waals surface area contributed by atoms with Crippen LogP contribution in [0.3, 0.4) is 0 Å². The first-order valence-corrected chi connectivity index (χ1v) is 4.13. The SMILES string of the molecule is CN(C)CC(N)c1ccc(Cl)o1. The molecule has 1 aromatic heterocycles. The molecule has 0 saturated carbocycles. The van der Waals surface area contributed by atoms with Crippen LogP contribution in [0.4, 0.5) is 0 Å². The van der Waals surface area contributed by atoms with E-state index >= 15 is 0 Å². The summed E-state index contributed by atoms with van der Waals surface area (Å²) in [5.41, 5.74) is 5.82. The molecule has 1 heterocycles. The van der Waals surface area contributed by atoms with E-state index in [4.69, 9.17) is 21.8 Å².